The molecule has 0 aromatic heterocycles. The van der Waals surface area contributed by atoms with Crippen molar-refractivity contribution in [3.8, 4) is 11.5 Å². The molecule has 10 heteroatoms. The summed E-state index contributed by atoms with van der Waals surface area (Å²) in [5.74, 6) is 0.727. The molecule has 33 heavy (non-hydrogen) atoms. The van der Waals surface area contributed by atoms with E-state index in [2.05, 4.69) is 5.32 Å². The van der Waals surface area contributed by atoms with Gasteiger partial charge in [-0.1, -0.05) is 41.4 Å². The summed E-state index contributed by atoms with van der Waals surface area (Å²) < 4.78 is 39.2. The van der Waals surface area contributed by atoms with Crippen LogP contribution in [0.1, 0.15) is 0 Å². The van der Waals surface area contributed by atoms with Crippen molar-refractivity contribution in [3.63, 3.8) is 0 Å². The van der Waals surface area contributed by atoms with Crippen molar-refractivity contribution in [1.82, 2.24) is 5.32 Å². The zero-order valence-corrected chi connectivity index (χ0v) is 19.6. The van der Waals surface area contributed by atoms with Crippen LogP contribution in [0, 0.1) is 0 Å². The number of hydrogen-bond donors (Lipinski definition) is 1. The maximum absolute atomic E-state index is 13.3. The minimum Gasteiger partial charge on any atom is -0.486 e. The number of nitrogens with zero attached hydrogens (tertiary/aromatic N) is 1. The fourth-order valence-electron chi connectivity index (χ4n) is 3.26. The van der Waals surface area contributed by atoms with Gasteiger partial charge in [-0.05, 0) is 54.6 Å². The first-order chi connectivity index (χ1) is 15.8. The molecule has 172 valence electrons. The highest BCUT2D eigenvalue weighted by molar-refractivity contribution is 7.92. The molecule has 1 aliphatic rings. The lowest BCUT2D eigenvalue weighted by Gasteiger charge is -2.27. The number of nitrogens with one attached hydrogen (secondary N) is 1. The highest BCUT2D eigenvalue weighted by Gasteiger charge is 2.28. The number of para-hydroxylation sites is 2. The fourth-order valence-corrected chi connectivity index (χ4v) is 4.98. The average molecular weight is 507 g/mol. The Morgan fingerprint density at radius 3 is 2.42 bits per heavy atom. The molecule has 0 fully saturated rings. The molecular weight excluding hydrogens is 487 g/mol. The molecule has 0 aliphatic carbocycles. The molecule has 3 aromatic rings. The largest absolute Gasteiger partial charge is 0.486 e. The van der Waals surface area contributed by atoms with Crippen molar-refractivity contribution in [2.24, 2.45) is 0 Å². The lowest BCUT2D eigenvalue weighted by Crippen LogP contribution is -2.45. The number of benzene rings is 3. The molecule has 1 aliphatic heterocycles. The van der Waals surface area contributed by atoms with E-state index in [9.17, 15) is 13.2 Å². The van der Waals surface area contributed by atoms with Crippen LogP contribution in [0.15, 0.2) is 77.7 Å². The minimum absolute atomic E-state index is 0.000274. The van der Waals surface area contributed by atoms with E-state index in [1.807, 2.05) is 12.1 Å². The Labute approximate surface area is 201 Å². The molecule has 0 saturated carbocycles. The summed E-state index contributed by atoms with van der Waals surface area (Å²) in [7, 11) is -4.07. The van der Waals surface area contributed by atoms with Crippen molar-refractivity contribution >= 4 is 44.8 Å². The van der Waals surface area contributed by atoms with Crippen LogP contribution < -0.4 is 19.1 Å². The summed E-state index contributed by atoms with van der Waals surface area (Å²) in [6, 6.07) is 19.3. The Kier molecular flexibility index (Phi) is 6.97. The van der Waals surface area contributed by atoms with Gasteiger partial charge < -0.3 is 14.8 Å². The van der Waals surface area contributed by atoms with E-state index in [1.165, 1.54) is 30.3 Å². The first-order valence-electron chi connectivity index (χ1n) is 10.0. The summed E-state index contributed by atoms with van der Waals surface area (Å²) in [4.78, 5) is 12.8. The molecule has 1 heterocycles. The molecule has 0 spiro atoms. The SMILES string of the molecule is O=C(CN(c1cccc(Cl)c1)S(=O)(=O)c1ccc(Cl)cc1)NCC1COc2ccccc2O1. The Balaban J connectivity index is 1.49. The maximum atomic E-state index is 13.3. The van der Waals surface area contributed by atoms with Gasteiger partial charge in [-0.2, -0.15) is 0 Å². The first-order valence-corrected chi connectivity index (χ1v) is 12.2. The number of carbonyl (C=O) groups excluding carboxylic acids is 1. The standard InChI is InChI=1S/C23H20Cl2N2O5S/c24-16-8-10-20(11-9-16)33(29,30)27(18-5-3-4-17(25)12-18)14-23(28)26-13-19-15-31-21-6-1-2-7-22(21)32-19/h1-12,19H,13-15H2,(H,26,28). The number of fused-ring (bicyclic) bond motifs is 1. The maximum Gasteiger partial charge on any atom is 0.264 e. The Bertz CT molecular complexity index is 1250. The van der Waals surface area contributed by atoms with Crippen molar-refractivity contribution in [1.29, 1.82) is 0 Å². The zero-order valence-electron chi connectivity index (χ0n) is 17.3. The molecule has 1 unspecified atom stereocenters. The number of carbonyl (C=O) groups is 1. The van der Waals surface area contributed by atoms with E-state index in [0.717, 1.165) is 4.31 Å². The van der Waals surface area contributed by atoms with E-state index in [4.69, 9.17) is 32.7 Å². The lowest BCUT2D eigenvalue weighted by atomic mass is 10.2. The number of hydrogen-bond acceptors (Lipinski definition) is 5. The summed E-state index contributed by atoms with van der Waals surface area (Å²) >= 11 is 12.0. The van der Waals surface area contributed by atoms with Crippen molar-refractivity contribution in [3.05, 3.63) is 82.8 Å². The number of anilines is 1. The fraction of sp³-hybridized carbons (Fsp3) is 0.174. The van der Waals surface area contributed by atoms with Crippen LogP contribution in [0.25, 0.3) is 0 Å². The number of halogens is 2. The molecule has 1 N–H and O–H groups in total. The molecule has 4 rings (SSSR count). The molecule has 0 bridgehead atoms. The topological polar surface area (TPSA) is 84.9 Å². The van der Waals surface area contributed by atoms with Crippen molar-refractivity contribution in [2.75, 3.05) is 24.0 Å². The van der Waals surface area contributed by atoms with Crippen LogP contribution in [0.5, 0.6) is 11.5 Å². The second-order valence-electron chi connectivity index (χ2n) is 7.25. The van der Waals surface area contributed by atoms with Crippen molar-refractivity contribution < 1.29 is 22.7 Å². The van der Waals surface area contributed by atoms with Crippen LogP contribution >= 0.6 is 23.2 Å². The predicted octanol–water partition coefficient (Wildman–Crippen LogP) is 4.14. The van der Waals surface area contributed by atoms with Gasteiger partial charge in [0.25, 0.3) is 10.0 Å². The molecule has 0 saturated heterocycles. The molecule has 0 radical (unpaired) electrons. The zero-order chi connectivity index (χ0) is 23.4. The van der Waals surface area contributed by atoms with Crippen LogP contribution in [0.4, 0.5) is 5.69 Å². The van der Waals surface area contributed by atoms with Gasteiger partial charge in [0.2, 0.25) is 5.91 Å². The second kappa shape index (κ2) is 9.91. The third kappa shape index (κ3) is 5.52. The highest BCUT2D eigenvalue weighted by Crippen LogP contribution is 2.31. The van der Waals surface area contributed by atoms with Crippen molar-refractivity contribution in [2.45, 2.75) is 11.0 Å². The summed E-state index contributed by atoms with van der Waals surface area (Å²) in [5.41, 5.74) is 0.263. The van der Waals surface area contributed by atoms with Gasteiger partial charge in [0.1, 0.15) is 19.3 Å². The lowest BCUT2D eigenvalue weighted by molar-refractivity contribution is -0.120. The number of amides is 1. The van der Waals surface area contributed by atoms with Gasteiger partial charge in [-0.3, -0.25) is 9.10 Å². The first kappa shape index (κ1) is 23.2. The van der Waals surface area contributed by atoms with Crippen LogP contribution in [0.3, 0.4) is 0 Å². The van der Waals surface area contributed by atoms with Gasteiger partial charge in [0.15, 0.2) is 11.5 Å². The Morgan fingerprint density at radius 1 is 0.970 bits per heavy atom. The second-order valence-corrected chi connectivity index (χ2v) is 9.98. The average Bonchev–Trinajstić information content (AvgIpc) is 2.81. The molecule has 1 atom stereocenters. The smallest absolute Gasteiger partial charge is 0.264 e. The molecular formula is C23H20Cl2N2O5S. The summed E-state index contributed by atoms with van der Waals surface area (Å²) in [6.07, 6.45) is -0.406. The molecule has 1 amide bonds. The molecule has 7 nitrogen and oxygen atoms in total. The van der Waals surface area contributed by atoms with E-state index < -0.39 is 28.6 Å². The third-order valence-electron chi connectivity index (χ3n) is 4.88. The van der Waals surface area contributed by atoms with Gasteiger partial charge in [0.05, 0.1) is 17.1 Å². The van der Waals surface area contributed by atoms with E-state index >= 15 is 0 Å². The third-order valence-corrected chi connectivity index (χ3v) is 7.15. The summed E-state index contributed by atoms with van der Waals surface area (Å²) in [6.45, 7) is -0.0363. The minimum atomic E-state index is -4.07. The quantitative estimate of drug-likeness (QED) is 0.520. The normalized spacial score (nSPS) is 15.0. The van der Waals surface area contributed by atoms with Gasteiger partial charge in [-0.25, -0.2) is 8.42 Å². The molecule has 3 aromatic carbocycles. The van der Waals surface area contributed by atoms with E-state index in [0.29, 0.717) is 21.5 Å². The van der Waals surface area contributed by atoms with Gasteiger partial charge >= 0.3 is 0 Å². The Hall–Kier alpha value is -2.94. The summed E-state index contributed by atoms with van der Waals surface area (Å²) in [5, 5.41) is 3.47. The van der Waals surface area contributed by atoms with Crippen LogP contribution in [-0.2, 0) is 14.8 Å². The van der Waals surface area contributed by atoms with E-state index in [1.54, 1.807) is 30.3 Å². The number of ether oxygens (including phenoxy) is 2. The van der Waals surface area contributed by atoms with Gasteiger partial charge in [-0.15, -0.1) is 0 Å². The highest BCUT2D eigenvalue weighted by atomic mass is 35.5. The van der Waals surface area contributed by atoms with Gasteiger partial charge in [0, 0.05) is 10.0 Å². The van der Waals surface area contributed by atoms with Crippen LogP contribution in [0.2, 0.25) is 10.0 Å². The number of rotatable bonds is 7. The van der Waals surface area contributed by atoms with E-state index in [-0.39, 0.29) is 23.7 Å². The monoisotopic (exact) mass is 506 g/mol. The van der Waals surface area contributed by atoms with Crippen LogP contribution in [-0.4, -0.2) is 40.1 Å². The number of sulfonamides is 1. The predicted molar refractivity (Wildman–Crippen MR) is 127 cm³/mol. The Morgan fingerprint density at radius 2 is 1.70 bits per heavy atom.